The fourth-order valence-corrected chi connectivity index (χ4v) is 1.72. The van der Waals surface area contributed by atoms with Crippen molar-refractivity contribution < 1.29 is 9.53 Å². The number of alkyl halides is 1. The highest BCUT2D eigenvalue weighted by Crippen LogP contribution is 2.19. The third-order valence-electron chi connectivity index (χ3n) is 2.44. The van der Waals surface area contributed by atoms with Crippen LogP contribution in [0.5, 0.6) is 0 Å². The molecule has 1 atom stereocenters. The molecule has 0 aliphatic carbocycles. The van der Waals surface area contributed by atoms with E-state index in [-0.39, 0.29) is 5.91 Å². The molecular weight excluding hydrogens is 250 g/mol. The van der Waals surface area contributed by atoms with Crippen LogP contribution in [0, 0.1) is 0 Å². The van der Waals surface area contributed by atoms with E-state index in [4.69, 9.17) is 16.3 Å². The molecule has 0 aliphatic rings. The number of hydrogen-bond donors (Lipinski definition) is 1. The van der Waals surface area contributed by atoms with Crippen molar-refractivity contribution in [2.24, 2.45) is 0 Å². The summed E-state index contributed by atoms with van der Waals surface area (Å²) < 4.78 is 5.33. The number of halogens is 1. The molecule has 0 saturated carbocycles. The predicted octanol–water partition coefficient (Wildman–Crippen LogP) is 2.90. The number of carbonyl (C=O) groups is 1. The molecular formula is C14H20ClNO2. The van der Waals surface area contributed by atoms with Crippen LogP contribution < -0.4 is 5.32 Å². The van der Waals surface area contributed by atoms with Crippen molar-refractivity contribution in [2.45, 2.75) is 25.1 Å². The number of rotatable bonds is 8. The number of carbonyl (C=O) groups excluding carboxylic acids is 1. The lowest BCUT2D eigenvalue weighted by Crippen LogP contribution is -2.28. The minimum Gasteiger partial charge on any atom is -0.381 e. The van der Waals surface area contributed by atoms with Crippen LogP contribution in [0.15, 0.2) is 30.3 Å². The first-order chi connectivity index (χ1) is 8.75. The molecule has 0 heterocycles. The van der Waals surface area contributed by atoms with Gasteiger partial charge in [0.15, 0.2) is 0 Å². The third kappa shape index (κ3) is 5.52. The first-order valence-corrected chi connectivity index (χ1v) is 6.73. The Bertz CT molecular complexity index is 343. The van der Waals surface area contributed by atoms with E-state index in [0.29, 0.717) is 13.2 Å². The molecule has 1 aromatic rings. The number of ether oxygens (including phenoxy) is 1. The molecule has 100 valence electrons. The predicted molar refractivity (Wildman–Crippen MR) is 73.8 cm³/mol. The summed E-state index contributed by atoms with van der Waals surface area (Å²) in [6.45, 7) is 4.11. The van der Waals surface area contributed by atoms with E-state index in [1.54, 1.807) is 0 Å². The summed E-state index contributed by atoms with van der Waals surface area (Å²) in [7, 11) is 0. The first-order valence-electron chi connectivity index (χ1n) is 6.30. The van der Waals surface area contributed by atoms with Gasteiger partial charge in [-0.25, -0.2) is 0 Å². The Morgan fingerprint density at radius 3 is 2.72 bits per heavy atom. The Morgan fingerprint density at radius 2 is 2.06 bits per heavy atom. The second-order valence-corrected chi connectivity index (χ2v) is 4.47. The maximum Gasteiger partial charge on any atom is 0.242 e. The van der Waals surface area contributed by atoms with Gasteiger partial charge < -0.3 is 10.1 Å². The SMILES string of the molecule is CCCOCCCNC(=O)C(Cl)c1ccccc1. The second-order valence-electron chi connectivity index (χ2n) is 4.03. The van der Waals surface area contributed by atoms with Gasteiger partial charge in [0.05, 0.1) is 0 Å². The van der Waals surface area contributed by atoms with Gasteiger partial charge in [0.25, 0.3) is 0 Å². The summed E-state index contributed by atoms with van der Waals surface area (Å²) in [5.41, 5.74) is 0.818. The second kappa shape index (κ2) is 8.95. The topological polar surface area (TPSA) is 38.3 Å². The van der Waals surface area contributed by atoms with Crippen LogP contribution in [0.1, 0.15) is 30.7 Å². The van der Waals surface area contributed by atoms with Crippen LogP contribution in [-0.2, 0) is 9.53 Å². The largest absolute Gasteiger partial charge is 0.381 e. The van der Waals surface area contributed by atoms with Crippen molar-refractivity contribution >= 4 is 17.5 Å². The third-order valence-corrected chi connectivity index (χ3v) is 2.89. The van der Waals surface area contributed by atoms with Crippen LogP contribution in [0.4, 0.5) is 0 Å². The first kappa shape index (κ1) is 15.0. The van der Waals surface area contributed by atoms with E-state index in [9.17, 15) is 4.79 Å². The van der Waals surface area contributed by atoms with Crippen molar-refractivity contribution in [1.29, 1.82) is 0 Å². The molecule has 0 spiro atoms. The molecule has 1 unspecified atom stereocenters. The van der Waals surface area contributed by atoms with E-state index in [0.717, 1.165) is 25.0 Å². The monoisotopic (exact) mass is 269 g/mol. The van der Waals surface area contributed by atoms with Gasteiger partial charge in [-0.2, -0.15) is 0 Å². The van der Waals surface area contributed by atoms with E-state index >= 15 is 0 Å². The normalized spacial score (nSPS) is 12.1. The van der Waals surface area contributed by atoms with Crippen molar-refractivity contribution in [3.05, 3.63) is 35.9 Å². The summed E-state index contributed by atoms with van der Waals surface area (Å²) in [5, 5.41) is 2.18. The molecule has 18 heavy (non-hydrogen) atoms. The molecule has 0 aliphatic heterocycles. The number of amides is 1. The highest BCUT2D eigenvalue weighted by molar-refractivity contribution is 6.30. The summed E-state index contributed by atoms with van der Waals surface area (Å²) in [6, 6.07) is 9.34. The van der Waals surface area contributed by atoms with Gasteiger partial charge in [0, 0.05) is 19.8 Å². The zero-order valence-corrected chi connectivity index (χ0v) is 11.5. The Balaban J connectivity index is 2.20. The van der Waals surface area contributed by atoms with Crippen LogP contribution >= 0.6 is 11.6 Å². The molecule has 0 aromatic heterocycles. The Kier molecular flexibility index (Phi) is 7.46. The fraction of sp³-hybridized carbons (Fsp3) is 0.500. The number of nitrogens with one attached hydrogen (secondary N) is 1. The maximum absolute atomic E-state index is 11.7. The Labute approximate surface area is 113 Å². The van der Waals surface area contributed by atoms with Gasteiger partial charge in [-0.1, -0.05) is 37.3 Å². The highest BCUT2D eigenvalue weighted by Gasteiger charge is 2.16. The molecule has 1 amide bonds. The molecule has 0 saturated heterocycles. The van der Waals surface area contributed by atoms with Crippen molar-refractivity contribution in [3.63, 3.8) is 0 Å². The average Bonchev–Trinajstić information content (AvgIpc) is 2.42. The lowest BCUT2D eigenvalue weighted by atomic mass is 10.1. The van der Waals surface area contributed by atoms with Gasteiger partial charge in [0.2, 0.25) is 5.91 Å². The Morgan fingerprint density at radius 1 is 1.33 bits per heavy atom. The molecule has 1 N–H and O–H groups in total. The summed E-state index contributed by atoms with van der Waals surface area (Å²) in [5.74, 6) is -0.154. The lowest BCUT2D eigenvalue weighted by Gasteiger charge is -2.10. The molecule has 1 aromatic carbocycles. The van der Waals surface area contributed by atoms with Gasteiger partial charge in [-0.05, 0) is 18.4 Å². The summed E-state index contributed by atoms with van der Waals surface area (Å²) in [4.78, 5) is 11.7. The zero-order valence-electron chi connectivity index (χ0n) is 10.7. The van der Waals surface area contributed by atoms with E-state index < -0.39 is 5.38 Å². The van der Waals surface area contributed by atoms with Gasteiger partial charge in [-0.15, -0.1) is 11.6 Å². The molecule has 0 radical (unpaired) electrons. The molecule has 0 bridgehead atoms. The molecule has 0 fully saturated rings. The fourth-order valence-electron chi connectivity index (χ4n) is 1.50. The van der Waals surface area contributed by atoms with Crippen LogP contribution in [-0.4, -0.2) is 25.7 Å². The highest BCUT2D eigenvalue weighted by atomic mass is 35.5. The van der Waals surface area contributed by atoms with Gasteiger partial charge in [-0.3, -0.25) is 4.79 Å². The number of hydrogen-bond acceptors (Lipinski definition) is 2. The van der Waals surface area contributed by atoms with Crippen molar-refractivity contribution in [2.75, 3.05) is 19.8 Å². The quantitative estimate of drug-likeness (QED) is 0.582. The van der Waals surface area contributed by atoms with Gasteiger partial charge in [0.1, 0.15) is 5.38 Å². The Hall–Kier alpha value is -1.06. The van der Waals surface area contributed by atoms with Gasteiger partial charge >= 0.3 is 0 Å². The van der Waals surface area contributed by atoms with E-state index in [2.05, 4.69) is 12.2 Å². The molecule has 4 heteroatoms. The van der Waals surface area contributed by atoms with Crippen molar-refractivity contribution in [1.82, 2.24) is 5.32 Å². The average molecular weight is 270 g/mol. The number of benzene rings is 1. The van der Waals surface area contributed by atoms with Crippen LogP contribution in [0.2, 0.25) is 0 Å². The van der Waals surface area contributed by atoms with E-state index in [1.807, 2.05) is 30.3 Å². The minimum absolute atomic E-state index is 0.154. The maximum atomic E-state index is 11.7. The zero-order chi connectivity index (χ0) is 13.2. The van der Waals surface area contributed by atoms with Crippen molar-refractivity contribution in [3.8, 4) is 0 Å². The minimum atomic E-state index is -0.622. The summed E-state index contributed by atoms with van der Waals surface area (Å²) >= 11 is 6.08. The lowest BCUT2D eigenvalue weighted by molar-refractivity contribution is -0.120. The smallest absolute Gasteiger partial charge is 0.242 e. The summed E-state index contributed by atoms with van der Waals surface area (Å²) in [6.07, 6.45) is 1.83. The molecule has 3 nitrogen and oxygen atoms in total. The van der Waals surface area contributed by atoms with Crippen LogP contribution in [0.25, 0.3) is 0 Å². The van der Waals surface area contributed by atoms with E-state index in [1.165, 1.54) is 0 Å². The standard InChI is InChI=1S/C14H20ClNO2/c1-2-10-18-11-6-9-16-14(17)13(15)12-7-4-3-5-8-12/h3-5,7-8,13H,2,6,9-11H2,1H3,(H,16,17). The van der Waals surface area contributed by atoms with Crippen LogP contribution in [0.3, 0.4) is 0 Å². The molecule has 1 rings (SSSR count).